The second-order valence-corrected chi connectivity index (χ2v) is 5.48. The van der Waals surface area contributed by atoms with E-state index in [-0.39, 0.29) is 12.1 Å². The van der Waals surface area contributed by atoms with Gasteiger partial charge in [-0.25, -0.2) is 0 Å². The van der Waals surface area contributed by atoms with Crippen molar-refractivity contribution >= 4 is 11.6 Å². The molecular weight excluding hydrogens is 266 g/mol. The molecule has 3 atom stereocenters. The fourth-order valence-electron chi connectivity index (χ4n) is 2.79. The number of nitrogens with two attached hydrogens (primary N) is 1. The second-order valence-electron chi connectivity index (χ2n) is 5.07. The van der Waals surface area contributed by atoms with Gasteiger partial charge in [0.2, 0.25) is 0 Å². The van der Waals surface area contributed by atoms with Gasteiger partial charge in [-0.1, -0.05) is 11.6 Å². The lowest BCUT2D eigenvalue weighted by Gasteiger charge is -2.25. The van der Waals surface area contributed by atoms with Gasteiger partial charge in [-0.3, -0.25) is 0 Å². The highest BCUT2D eigenvalue weighted by Crippen LogP contribution is 2.41. The second kappa shape index (κ2) is 5.19. The van der Waals surface area contributed by atoms with Crippen LogP contribution in [0.3, 0.4) is 0 Å². The molecule has 0 amide bonds. The Morgan fingerprint density at radius 3 is 2.53 bits per heavy atom. The summed E-state index contributed by atoms with van der Waals surface area (Å²) >= 11 is 6.33. The predicted molar refractivity (Wildman–Crippen MR) is 72.9 cm³/mol. The number of rotatable bonds is 2. The lowest BCUT2D eigenvalue weighted by molar-refractivity contribution is 0.0994. The molecule has 1 aromatic carbocycles. The van der Waals surface area contributed by atoms with Crippen molar-refractivity contribution in [3.8, 4) is 11.5 Å². The Labute approximate surface area is 117 Å². The molecule has 104 valence electrons. The summed E-state index contributed by atoms with van der Waals surface area (Å²) in [5.74, 6) is 1.72. The molecular formula is C14H18ClNO3. The molecule has 2 aliphatic rings. The first-order valence-electron chi connectivity index (χ1n) is 6.63. The largest absolute Gasteiger partial charge is 0.486 e. The summed E-state index contributed by atoms with van der Waals surface area (Å²) in [5, 5.41) is 0.635. The van der Waals surface area contributed by atoms with Gasteiger partial charge in [0.25, 0.3) is 0 Å². The predicted octanol–water partition coefficient (Wildman–Crippen LogP) is 2.54. The molecule has 19 heavy (non-hydrogen) atoms. The van der Waals surface area contributed by atoms with Crippen LogP contribution in [-0.4, -0.2) is 25.9 Å². The van der Waals surface area contributed by atoms with Crippen LogP contribution >= 0.6 is 11.6 Å². The summed E-state index contributed by atoms with van der Waals surface area (Å²) in [5.41, 5.74) is 7.27. The molecule has 2 aliphatic heterocycles. The van der Waals surface area contributed by atoms with Crippen LogP contribution < -0.4 is 15.2 Å². The van der Waals surface area contributed by atoms with E-state index in [1.54, 1.807) is 6.07 Å². The van der Waals surface area contributed by atoms with Crippen molar-refractivity contribution in [2.45, 2.75) is 25.5 Å². The number of fused-ring (bicyclic) bond motifs is 1. The number of halogens is 1. The lowest BCUT2D eigenvalue weighted by atomic mass is 9.89. The molecule has 2 N–H and O–H groups in total. The fraction of sp³-hybridized carbons (Fsp3) is 0.571. The molecule has 4 nitrogen and oxygen atoms in total. The van der Waals surface area contributed by atoms with Crippen LogP contribution in [0.25, 0.3) is 0 Å². The molecule has 1 fully saturated rings. The maximum atomic E-state index is 6.36. The molecule has 1 saturated heterocycles. The normalized spacial score (nSPS) is 27.3. The van der Waals surface area contributed by atoms with Gasteiger partial charge in [-0.15, -0.1) is 0 Å². The third kappa shape index (κ3) is 2.40. The zero-order valence-electron chi connectivity index (χ0n) is 10.9. The summed E-state index contributed by atoms with van der Waals surface area (Å²) in [4.78, 5) is 0. The van der Waals surface area contributed by atoms with E-state index in [4.69, 9.17) is 31.5 Å². The van der Waals surface area contributed by atoms with Crippen molar-refractivity contribution in [1.29, 1.82) is 0 Å². The summed E-state index contributed by atoms with van der Waals surface area (Å²) in [6.07, 6.45) is 1.13. The fourth-order valence-corrected chi connectivity index (χ4v) is 3.07. The molecule has 5 heteroatoms. The Bertz CT molecular complexity index is 480. The van der Waals surface area contributed by atoms with Gasteiger partial charge >= 0.3 is 0 Å². The minimum absolute atomic E-state index is 0.138. The van der Waals surface area contributed by atoms with Crippen molar-refractivity contribution in [3.63, 3.8) is 0 Å². The van der Waals surface area contributed by atoms with Gasteiger partial charge < -0.3 is 19.9 Å². The maximum absolute atomic E-state index is 6.36. The quantitative estimate of drug-likeness (QED) is 0.906. The topological polar surface area (TPSA) is 53.7 Å². The van der Waals surface area contributed by atoms with Crippen LogP contribution in [0.5, 0.6) is 11.5 Å². The monoisotopic (exact) mass is 283 g/mol. The standard InChI is InChI=1S/C14H18ClNO3/c1-8-9(2-3-17-8)14(16)10-6-12-13(7-11(10)15)19-5-4-18-12/h6-9,14H,2-5,16H2,1H3. The Morgan fingerprint density at radius 1 is 1.21 bits per heavy atom. The zero-order valence-corrected chi connectivity index (χ0v) is 11.7. The molecule has 0 saturated carbocycles. The van der Waals surface area contributed by atoms with Crippen LogP contribution in [0.4, 0.5) is 0 Å². The van der Waals surface area contributed by atoms with Gasteiger partial charge in [0.15, 0.2) is 11.5 Å². The first-order chi connectivity index (χ1) is 9.16. The van der Waals surface area contributed by atoms with Crippen molar-refractivity contribution in [3.05, 3.63) is 22.7 Å². The van der Waals surface area contributed by atoms with Crippen LogP contribution in [0.15, 0.2) is 12.1 Å². The zero-order chi connectivity index (χ0) is 13.4. The van der Waals surface area contributed by atoms with E-state index in [9.17, 15) is 0 Å². The van der Waals surface area contributed by atoms with Crippen molar-refractivity contribution in [2.24, 2.45) is 11.7 Å². The molecule has 0 aromatic heterocycles. The van der Waals surface area contributed by atoms with E-state index in [1.165, 1.54) is 0 Å². The number of hydrogen-bond acceptors (Lipinski definition) is 4. The number of ether oxygens (including phenoxy) is 3. The Morgan fingerprint density at radius 2 is 1.89 bits per heavy atom. The van der Waals surface area contributed by atoms with Crippen LogP contribution in [-0.2, 0) is 4.74 Å². The van der Waals surface area contributed by atoms with Crippen LogP contribution in [0, 0.1) is 5.92 Å². The first kappa shape index (κ1) is 13.0. The summed E-state index contributed by atoms with van der Waals surface area (Å²) < 4.78 is 16.7. The average molecular weight is 284 g/mol. The molecule has 3 unspecified atom stereocenters. The molecule has 0 radical (unpaired) electrons. The lowest BCUT2D eigenvalue weighted by Crippen LogP contribution is -2.27. The van der Waals surface area contributed by atoms with E-state index in [2.05, 4.69) is 6.92 Å². The van der Waals surface area contributed by atoms with E-state index in [0.29, 0.717) is 29.9 Å². The summed E-state index contributed by atoms with van der Waals surface area (Å²) in [6.45, 7) is 3.94. The van der Waals surface area contributed by atoms with Gasteiger partial charge in [0.05, 0.1) is 6.10 Å². The highest BCUT2D eigenvalue weighted by molar-refractivity contribution is 6.31. The molecule has 0 bridgehead atoms. The highest BCUT2D eigenvalue weighted by atomic mass is 35.5. The molecule has 0 aliphatic carbocycles. The number of hydrogen-bond donors (Lipinski definition) is 1. The van der Waals surface area contributed by atoms with Crippen molar-refractivity contribution in [2.75, 3.05) is 19.8 Å². The van der Waals surface area contributed by atoms with E-state index >= 15 is 0 Å². The van der Waals surface area contributed by atoms with E-state index < -0.39 is 0 Å². The summed E-state index contributed by atoms with van der Waals surface area (Å²) in [6, 6.07) is 3.57. The van der Waals surface area contributed by atoms with Crippen LogP contribution in [0.2, 0.25) is 5.02 Å². The minimum atomic E-state index is -0.138. The van der Waals surface area contributed by atoms with E-state index in [0.717, 1.165) is 24.3 Å². The van der Waals surface area contributed by atoms with Crippen LogP contribution in [0.1, 0.15) is 24.9 Å². The van der Waals surface area contributed by atoms with E-state index in [1.807, 2.05) is 6.07 Å². The van der Waals surface area contributed by atoms with Gasteiger partial charge in [0, 0.05) is 29.7 Å². The third-order valence-electron chi connectivity index (χ3n) is 3.92. The highest BCUT2D eigenvalue weighted by Gasteiger charge is 2.32. The third-order valence-corrected chi connectivity index (χ3v) is 4.24. The summed E-state index contributed by atoms with van der Waals surface area (Å²) in [7, 11) is 0. The maximum Gasteiger partial charge on any atom is 0.162 e. The smallest absolute Gasteiger partial charge is 0.162 e. The Balaban J connectivity index is 1.91. The number of benzene rings is 1. The molecule has 1 aromatic rings. The SMILES string of the molecule is CC1OCCC1C(N)c1cc2c(cc1Cl)OCCO2. The molecule has 2 heterocycles. The van der Waals surface area contributed by atoms with Gasteiger partial charge in [0.1, 0.15) is 13.2 Å². The van der Waals surface area contributed by atoms with Crippen molar-refractivity contribution in [1.82, 2.24) is 0 Å². The molecule has 0 spiro atoms. The minimum Gasteiger partial charge on any atom is -0.486 e. The molecule has 3 rings (SSSR count). The van der Waals surface area contributed by atoms with Gasteiger partial charge in [-0.2, -0.15) is 0 Å². The average Bonchev–Trinajstić information content (AvgIpc) is 2.83. The Hall–Kier alpha value is -0.970. The Kier molecular flexibility index (Phi) is 3.56. The van der Waals surface area contributed by atoms with Gasteiger partial charge in [-0.05, 0) is 25.0 Å². The van der Waals surface area contributed by atoms with Crippen molar-refractivity contribution < 1.29 is 14.2 Å². The first-order valence-corrected chi connectivity index (χ1v) is 7.01.